The van der Waals surface area contributed by atoms with Crippen LogP contribution >= 0.6 is 0 Å². The Labute approximate surface area is 107 Å². The molecule has 2 N–H and O–H groups in total. The molecule has 0 radical (unpaired) electrons. The summed E-state index contributed by atoms with van der Waals surface area (Å²) in [6.07, 6.45) is 0.853. The van der Waals surface area contributed by atoms with Crippen molar-refractivity contribution in [2.24, 2.45) is 5.73 Å². The topological polar surface area (TPSA) is 53.7 Å². The molecule has 0 unspecified atom stereocenters. The zero-order chi connectivity index (χ0) is 13.7. The lowest BCUT2D eigenvalue weighted by molar-refractivity contribution is -0.0365. The number of hydrogen-bond donors (Lipinski definition) is 1. The normalized spacial score (nSPS) is 14.1. The first-order valence-corrected chi connectivity index (χ1v) is 8.12. The highest BCUT2D eigenvalue weighted by molar-refractivity contribution is 6.60. The van der Waals surface area contributed by atoms with Crippen LogP contribution in [0.1, 0.15) is 48.0 Å². The summed E-state index contributed by atoms with van der Waals surface area (Å²) < 4.78 is 17.8. The lowest BCUT2D eigenvalue weighted by atomic mass is 10.2. The molecule has 0 heterocycles. The van der Waals surface area contributed by atoms with Crippen LogP contribution in [0.25, 0.3) is 0 Å². The maximum Gasteiger partial charge on any atom is 0.501 e. The van der Waals surface area contributed by atoms with Crippen LogP contribution in [-0.2, 0) is 13.3 Å². The molecule has 104 valence electrons. The maximum atomic E-state index is 6.09. The van der Waals surface area contributed by atoms with Crippen molar-refractivity contribution in [3.05, 3.63) is 0 Å². The van der Waals surface area contributed by atoms with Gasteiger partial charge in [0, 0.05) is 13.2 Å². The van der Waals surface area contributed by atoms with Gasteiger partial charge in [-0.15, -0.1) is 0 Å². The van der Waals surface area contributed by atoms with Gasteiger partial charge in [0.2, 0.25) is 0 Å². The third-order valence-corrected chi connectivity index (χ3v) is 5.36. The minimum atomic E-state index is -2.64. The first-order chi connectivity index (χ1) is 7.54. The van der Waals surface area contributed by atoms with E-state index in [0.29, 0.717) is 6.54 Å². The number of rotatable bonds is 6. The first kappa shape index (κ1) is 17.1. The van der Waals surface area contributed by atoms with Gasteiger partial charge in [0.1, 0.15) is 0 Å². The van der Waals surface area contributed by atoms with Gasteiger partial charge in [-0.1, -0.05) is 0 Å². The lowest BCUT2D eigenvalue weighted by Gasteiger charge is -2.39. The van der Waals surface area contributed by atoms with E-state index in [1.807, 2.05) is 41.5 Å². The molecule has 0 aliphatic rings. The van der Waals surface area contributed by atoms with Gasteiger partial charge in [0.05, 0.1) is 11.2 Å². The molecule has 0 aromatic carbocycles. The van der Waals surface area contributed by atoms with E-state index in [0.717, 1.165) is 12.5 Å². The molecule has 0 rings (SSSR count). The van der Waals surface area contributed by atoms with E-state index in [2.05, 4.69) is 0 Å². The van der Waals surface area contributed by atoms with E-state index in [1.165, 1.54) is 0 Å². The van der Waals surface area contributed by atoms with Crippen molar-refractivity contribution in [2.45, 2.75) is 65.2 Å². The standard InChI is InChI=1S/C12H29NO3Si/c1-11(2,3)15-17(14-7,10-8-9-13)16-12(4,5)6/h8-10,13H2,1-7H3. The molecule has 0 aliphatic heterocycles. The quantitative estimate of drug-likeness (QED) is 0.748. The van der Waals surface area contributed by atoms with Crippen LogP contribution in [0.2, 0.25) is 6.04 Å². The van der Waals surface area contributed by atoms with E-state index in [-0.39, 0.29) is 11.2 Å². The van der Waals surface area contributed by atoms with Crippen molar-refractivity contribution in [3.63, 3.8) is 0 Å². The smallest absolute Gasteiger partial charge is 0.377 e. The Morgan fingerprint density at radius 1 is 0.941 bits per heavy atom. The van der Waals surface area contributed by atoms with E-state index in [9.17, 15) is 0 Å². The van der Waals surface area contributed by atoms with Crippen LogP contribution < -0.4 is 5.73 Å². The van der Waals surface area contributed by atoms with Crippen LogP contribution in [0, 0.1) is 0 Å². The predicted molar refractivity (Wildman–Crippen MR) is 72.9 cm³/mol. The summed E-state index contributed by atoms with van der Waals surface area (Å²) in [4.78, 5) is 0. The molecule has 0 saturated carbocycles. The molecule has 0 amide bonds. The molecule has 5 heteroatoms. The van der Waals surface area contributed by atoms with Gasteiger partial charge < -0.3 is 19.0 Å². The van der Waals surface area contributed by atoms with Gasteiger partial charge >= 0.3 is 8.80 Å². The highest BCUT2D eigenvalue weighted by Gasteiger charge is 2.46. The first-order valence-electron chi connectivity index (χ1n) is 6.19. The Kier molecular flexibility index (Phi) is 6.31. The molecular formula is C12H29NO3Si. The van der Waals surface area contributed by atoms with E-state index in [4.69, 9.17) is 19.0 Å². The van der Waals surface area contributed by atoms with Gasteiger partial charge in [0.15, 0.2) is 0 Å². The number of hydrogen-bond acceptors (Lipinski definition) is 4. The predicted octanol–water partition coefficient (Wildman–Crippen LogP) is 2.55. The highest BCUT2D eigenvalue weighted by Crippen LogP contribution is 2.28. The van der Waals surface area contributed by atoms with Crippen molar-refractivity contribution in [2.75, 3.05) is 13.7 Å². The molecule has 0 bridgehead atoms. The van der Waals surface area contributed by atoms with E-state index >= 15 is 0 Å². The largest absolute Gasteiger partial charge is 0.501 e. The summed E-state index contributed by atoms with van der Waals surface area (Å²) in [7, 11) is -0.974. The average Bonchev–Trinajstić information content (AvgIpc) is 2.09. The van der Waals surface area contributed by atoms with Crippen LogP contribution in [0.15, 0.2) is 0 Å². The Morgan fingerprint density at radius 3 is 1.59 bits per heavy atom. The van der Waals surface area contributed by atoms with Gasteiger partial charge in [0.25, 0.3) is 0 Å². The summed E-state index contributed by atoms with van der Waals surface area (Å²) in [5, 5.41) is 0. The molecule has 4 nitrogen and oxygen atoms in total. The second-order valence-corrected chi connectivity index (χ2v) is 8.89. The van der Waals surface area contributed by atoms with Gasteiger partial charge in [-0.05, 0) is 54.5 Å². The van der Waals surface area contributed by atoms with Crippen LogP contribution in [-0.4, -0.2) is 33.7 Å². The second-order valence-electron chi connectivity index (χ2n) is 6.21. The van der Waals surface area contributed by atoms with E-state index in [1.54, 1.807) is 7.11 Å². The maximum absolute atomic E-state index is 6.09. The van der Waals surface area contributed by atoms with Crippen molar-refractivity contribution in [1.82, 2.24) is 0 Å². The van der Waals surface area contributed by atoms with Gasteiger partial charge in [-0.25, -0.2) is 0 Å². The van der Waals surface area contributed by atoms with Gasteiger partial charge in [-0.2, -0.15) is 0 Å². The SMILES string of the molecule is CO[Si](CCCN)(OC(C)(C)C)OC(C)(C)C. The summed E-state index contributed by atoms with van der Waals surface area (Å²) >= 11 is 0. The van der Waals surface area contributed by atoms with Crippen molar-refractivity contribution in [3.8, 4) is 0 Å². The zero-order valence-corrected chi connectivity index (χ0v) is 13.4. The van der Waals surface area contributed by atoms with Crippen LogP contribution in [0.3, 0.4) is 0 Å². The molecule has 17 heavy (non-hydrogen) atoms. The summed E-state index contributed by atoms with van der Waals surface area (Å²) in [6.45, 7) is 12.7. The summed E-state index contributed by atoms with van der Waals surface area (Å²) in [5.41, 5.74) is 5.02. The molecular weight excluding hydrogens is 234 g/mol. The Morgan fingerprint density at radius 2 is 1.35 bits per heavy atom. The molecule has 0 aromatic rings. The molecule has 0 aromatic heterocycles. The molecule has 0 aliphatic carbocycles. The highest BCUT2D eigenvalue weighted by atomic mass is 28.4. The van der Waals surface area contributed by atoms with Crippen LogP contribution in [0.4, 0.5) is 0 Å². The van der Waals surface area contributed by atoms with E-state index < -0.39 is 8.80 Å². The second kappa shape index (κ2) is 6.29. The lowest BCUT2D eigenvalue weighted by Crippen LogP contribution is -2.53. The Balaban J connectivity index is 4.87. The average molecular weight is 263 g/mol. The third-order valence-electron chi connectivity index (χ3n) is 1.92. The van der Waals surface area contributed by atoms with Crippen molar-refractivity contribution < 1.29 is 13.3 Å². The zero-order valence-electron chi connectivity index (χ0n) is 12.4. The van der Waals surface area contributed by atoms with Crippen molar-refractivity contribution in [1.29, 1.82) is 0 Å². The summed E-state index contributed by atoms with van der Waals surface area (Å²) in [6, 6.07) is 0.758. The third kappa shape index (κ3) is 7.89. The molecule has 0 atom stereocenters. The monoisotopic (exact) mass is 263 g/mol. The summed E-state index contributed by atoms with van der Waals surface area (Å²) in [5.74, 6) is 0. The fourth-order valence-corrected chi connectivity index (χ4v) is 4.68. The van der Waals surface area contributed by atoms with Crippen molar-refractivity contribution >= 4 is 8.80 Å². The fraction of sp³-hybridized carbons (Fsp3) is 1.00. The Bertz CT molecular complexity index is 205. The Hall–Kier alpha value is 0.0569. The molecule has 0 saturated heterocycles. The van der Waals surface area contributed by atoms with Gasteiger partial charge in [-0.3, -0.25) is 0 Å². The number of nitrogens with two attached hydrogens (primary N) is 1. The molecule has 0 spiro atoms. The minimum absolute atomic E-state index is 0.276. The van der Waals surface area contributed by atoms with Crippen LogP contribution in [0.5, 0.6) is 0 Å². The minimum Gasteiger partial charge on any atom is -0.377 e. The molecule has 0 fully saturated rings. The fourth-order valence-electron chi connectivity index (χ4n) is 1.56.